The van der Waals surface area contributed by atoms with Crippen LogP contribution in [0.15, 0.2) is 48.0 Å². The molecule has 4 bridgehead atoms. The van der Waals surface area contributed by atoms with Crippen molar-refractivity contribution in [2.75, 3.05) is 18.1 Å². The fraction of sp³-hybridized carbons (Fsp3) is 0.419. The summed E-state index contributed by atoms with van der Waals surface area (Å²) in [5.74, 6) is 1.06. The number of amides is 4. The quantitative estimate of drug-likeness (QED) is 0.187. The Bertz CT molecular complexity index is 1380. The molecule has 0 aromatic heterocycles. The second kappa shape index (κ2) is 10.6. The molecule has 0 atom stereocenters. The molecule has 2 aromatic carbocycles. The predicted octanol–water partition coefficient (Wildman–Crippen LogP) is 5.37. The number of urea groups is 1. The topological polar surface area (TPSA) is 102 Å². The summed E-state index contributed by atoms with van der Waals surface area (Å²) in [7, 11) is 0. The molecule has 2 aromatic rings. The van der Waals surface area contributed by atoms with E-state index < -0.39 is 23.8 Å². The Morgan fingerprint density at radius 3 is 2.27 bits per heavy atom. The van der Waals surface area contributed by atoms with Gasteiger partial charge < -0.3 is 9.47 Å². The number of carbonyl (C=O) groups is 4. The molecule has 5 fully saturated rings. The summed E-state index contributed by atoms with van der Waals surface area (Å²) in [6, 6.07) is 12.1. The number of esters is 1. The SMILES string of the molecule is CCOC(=O)COc1ccc(/C=C2\C(=O)NC(=O)N(c3ccc(C45CC6CC(CC(C6)C4)C5)cc3)C2=O)cc1I. The van der Waals surface area contributed by atoms with Gasteiger partial charge in [0.25, 0.3) is 11.8 Å². The Morgan fingerprint density at radius 2 is 1.68 bits per heavy atom. The number of anilines is 1. The van der Waals surface area contributed by atoms with E-state index in [1.165, 1.54) is 50.2 Å². The summed E-state index contributed by atoms with van der Waals surface area (Å²) in [5, 5.41) is 2.30. The molecule has 9 heteroatoms. The maximum Gasteiger partial charge on any atom is 0.344 e. The van der Waals surface area contributed by atoms with Gasteiger partial charge in [-0.25, -0.2) is 14.5 Å². The molecule has 0 radical (unpaired) electrons. The molecule has 1 N–H and O–H groups in total. The normalized spacial score (nSPS) is 28.1. The van der Waals surface area contributed by atoms with Crippen molar-refractivity contribution in [3.8, 4) is 5.75 Å². The van der Waals surface area contributed by atoms with Crippen LogP contribution >= 0.6 is 22.6 Å². The van der Waals surface area contributed by atoms with E-state index >= 15 is 0 Å². The highest BCUT2D eigenvalue weighted by Gasteiger charge is 2.51. The van der Waals surface area contributed by atoms with Gasteiger partial charge in [-0.15, -0.1) is 0 Å². The highest BCUT2D eigenvalue weighted by molar-refractivity contribution is 14.1. The summed E-state index contributed by atoms with van der Waals surface area (Å²) in [6.07, 6.45) is 9.25. The standard InChI is InChI=1S/C31H31IN2O6/c1-2-39-27(35)17-40-26-8-3-18(13-25(26)32)12-24-28(36)33-30(38)34(29(24)37)23-6-4-22(5-7-23)31-14-19-9-20(15-31)11-21(10-19)16-31/h3-8,12-13,19-21H,2,9-11,14-17H2,1H3,(H,33,36,38)/b24-12+. The molecule has 0 unspecified atom stereocenters. The van der Waals surface area contributed by atoms with Gasteiger partial charge in [-0.1, -0.05) is 18.2 Å². The molecule has 0 spiro atoms. The number of rotatable bonds is 7. The van der Waals surface area contributed by atoms with E-state index in [1.54, 1.807) is 25.1 Å². The molecule has 8 nitrogen and oxygen atoms in total. The lowest BCUT2D eigenvalue weighted by Gasteiger charge is -2.57. The minimum atomic E-state index is -0.757. The lowest BCUT2D eigenvalue weighted by atomic mass is 9.48. The van der Waals surface area contributed by atoms with Gasteiger partial charge >= 0.3 is 12.0 Å². The Kier molecular flexibility index (Phi) is 7.18. The van der Waals surface area contributed by atoms with Gasteiger partial charge in [-0.2, -0.15) is 0 Å². The fourth-order valence-corrected chi connectivity index (χ4v) is 8.25. The summed E-state index contributed by atoms with van der Waals surface area (Å²) in [4.78, 5) is 51.5. The van der Waals surface area contributed by atoms with Gasteiger partial charge in [0.05, 0.1) is 15.9 Å². The second-order valence-corrected chi connectivity index (χ2v) is 12.6. The fourth-order valence-electron chi connectivity index (χ4n) is 7.55. The first kappa shape index (κ1) is 27.0. The van der Waals surface area contributed by atoms with Crippen LogP contribution in [-0.2, 0) is 24.5 Å². The third kappa shape index (κ3) is 5.04. The van der Waals surface area contributed by atoms with E-state index in [-0.39, 0.29) is 24.2 Å². The Balaban J connectivity index is 1.21. The molecule has 4 aliphatic carbocycles. The molecule has 5 aliphatic rings. The smallest absolute Gasteiger partial charge is 0.344 e. The van der Waals surface area contributed by atoms with E-state index in [1.807, 2.05) is 12.1 Å². The zero-order chi connectivity index (χ0) is 28.0. The average molecular weight is 655 g/mol. The second-order valence-electron chi connectivity index (χ2n) is 11.5. The van der Waals surface area contributed by atoms with Crippen molar-refractivity contribution < 1.29 is 28.7 Å². The summed E-state index contributed by atoms with van der Waals surface area (Å²) < 4.78 is 11.1. The van der Waals surface area contributed by atoms with E-state index in [2.05, 4.69) is 40.0 Å². The first-order valence-corrected chi connectivity index (χ1v) is 14.9. The molecule has 4 amide bonds. The third-order valence-corrected chi connectivity index (χ3v) is 9.64. The monoisotopic (exact) mass is 654 g/mol. The van der Waals surface area contributed by atoms with Gasteiger partial charge in [-0.05, 0) is 133 Å². The number of halogens is 1. The van der Waals surface area contributed by atoms with Gasteiger partial charge in [-0.3, -0.25) is 14.9 Å². The maximum absolute atomic E-state index is 13.4. The van der Waals surface area contributed by atoms with Gasteiger partial charge in [0.2, 0.25) is 0 Å². The van der Waals surface area contributed by atoms with Crippen LogP contribution < -0.4 is 15.0 Å². The van der Waals surface area contributed by atoms with Crippen LogP contribution in [0.3, 0.4) is 0 Å². The average Bonchev–Trinajstić information content (AvgIpc) is 2.90. The van der Waals surface area contributed by atoms with Gasteiger partial charge in [0.15, 0.2) is 6.61 Å². The first-order chi connectivity index (χ1) is 19.2. The minimum Gasteiger partial charge on any atom is -0.481 e. The molecule has 1 saturated heterocycles. The number of hydrogen-bond acceptors (Lipinski definition) is 6. The Hall–Kier alpha value is -3.21. The van der Waals surface area contributed by atoms with Crippen LogP contribution in [0, 0.1) is 21.3 Å². The highest BCUT2D eigenvalue weighted by Crippen LogP contribution is 2.60. The molecule has 1 heterocycles. The zero-order valence-electron chi connectivity index (χ0n) is 22.3. The third-order valence-electron chi connectivity index (χ3n) is 8.80. The van der Waals surface area contributed by atoms with Crippen molar-refractivity contribution in [2.45, 2.75) is 50.9 Å². The van der Waals surface area contributed by atoms with E-state index in [4.69, 9.17) is 9.47 Å². The van der Waals surface area contributed by atoms with Crippen LogP contribution in [0.5, 0.6) is 5.75 Å². The van der Waals surface area contributed by atoms with Crippen molar-refractivity contribution in [1.29, 1.82) is 0 Å². The van der Waals surface area contributed by atoms with E-state index in [9.17, 15) is 19.2 Å². The van der Waals surface area contributed by atoms with Crippen LogP contribution in [0.25, 0.3) is 6.08 Å². The molecular weight excluding hydrogens is 623 g/mol. The summed E-state index contributed by atoms with van der Waals surface area (Å²) in [5.41, 5.74) is 2.39. The zero-order valence-corrected chi connectivity index (χ0v) is 24.4. The van der Waals surface area contributed by atoms with Crippen molar-refractivity contribution in [3.63, 3.8) is 0 Å². The van der Waals surface area contributed by atoms with Crippen LogP contribution in [0.1, 0.15) is 56.6 Å². The number of nitrogens with zero attached hydrogens (tertiary/aromatic N) is 1. The molecule has 4 saturated carbocycles. The molecule has 40 heavy (non-hydrogen) atoms. The minimum absolute atomic E-state index is 0.138. The largest absolute Gasteiger partial charge is 0.481 e. The molecule has 208 valence electrons. The highest BCUT2D eigenvalue weighted by atomic mass is 127. The number of hydrogen-bond donors (Lipinski definition) is 1. The maximum atomic E-state index is 13.4. The van der Waals surface area contributed by atoms with E-state index in [0.717, 1.165) is 22.7 Å². The van der Waals surface area contributed by atoms with Gasteiger partial charge in [0, 0.05) is 0 Å². The number of benzene rings is 2. The number of carbonyl (C=O) groups excluding carboxylic acids is 4. The number of nitrogens with one attached hydrogen (secondary N) is 1. The first-order valence-electron chi connectivity index (χ1n) is 13.8. The van der Waals surface area contributed by atoms with Crippen LogP contribution in [-0.4, -0.2) is 37.0 Å². The Morgan fingerprint density at radius 1 is 1.02 bits per heavy atom. The van der Waals surface area contributed by atoms with Crippen LogP contribution in [0.4, 0.5) is 10.5 Å². The summed E-state index contributed by atoms with van der Waals surface area (Å²) in [6.45, 7) is 1.78. The lowest BCUT2D eigenvalue weighted by Crippen LogP contribution is -2.54. The van der Waals surface area contributed by atoms with Gasteiger partial charge in [0.1, 0.15) is 11.3 Å². The van der Waals surface area contributed by atoms with Crippen LogP contribution in [0.2, 0.25) is 0 Å². The van der Waals surface area contributed by atoms with Crippen molar-refractivity contribution in [1.82, 2.24) is 5.32 Å². The molecule has 7 rings (SSSR count). The van der Waals surface area contributed by atoms with Crippen molar-refractivity contribution >= 4 is 58.2 Å². The van der Waals surface area contributed by atoms with Crippen molar-refractivity contribution in [2.24, 2.45) is 17.8 Å². The summed E-state index contributed by atoms with van der Waals surface area (Å²) >= 11 is 2.05. The number of ether oxygens (including phenoxy) is 2. The lowest BCUT2D eigenvalue weighted by molar-refractivity contribution is -0.145. The number of imide groups is 2. The Labute approximate surface area is 246 Å². The van der Waals surface area contributed by atoms with Crippen molar-refractivity contribution in [3.05, 3.63) is 62.7 Å². The predicted molar refractivity (Wildman–Crippen MR) is 157 cm³/mol. The molecule has 1 aliphatic heterocycles. The van der Waals surface area contributed by atoms with E-state index in [0.29, 0.717) is 20.6 Å². The molecular formula is C31H31IN2O6. The number of barbiturate groups is 1.